The van der Waals surface area contributed by atoms with E-state index in [1.807, 2.05) is 99.6 Å². The summed E-state index contributed by atoms with van der Waals surface area (Å²) in [4.78, 5) is 29.6. The SMILES string of the molecule is Cc1ccc(CN(C(=O)CCCN2c3cccc4cccc(c34)S2(=O)=O)[C@@H](Cc2ccccc2)C(=O)NCC(C)C)cc1. The molecule has 43 heavy (non-hydrogen) atoms. The van der Waals surface area contributed by atoms with Gasteiger partial charge in [-0.05, 0) is 47.9 Å². The van der Waals surface area contributed by atoms with Crippen molar-refractivity contribution in [1.82, 2.24) is 10.2 Å². The van der Waals surface area contributed by atoms with Crippen LogP contribution in [0.25, 0.3) is 10.8 Å². The molecule has 224 valence electrons. The number of anilines is 1. The van der Waals surface area contributed by atoms with Gasteiger partial charge in [0, 0.05) is 37.9 Å². The summed E-state index contributed by atoms with van der Waals surface area (Å²) in [5.74, 6) is -0.116. The maximum Gasteiger partial charge on any atom is 0.265 e. The highest BCUT2D eigenvalue weighted by atomic mass is 32.2. The van der Waals surface area contributed by atoms with Gasteiger partial charge in [0.05, 0.1) is 10.6 Å². The molecule has 1 N–H and O–H groups in total. The van der Waals surface area contributed by atoms with Crippen LogP contribution in [0.3, 0.4) is 0 Å². The van der Waals surface area contributed by atoms with Crippen LogP contribution in [0.4, 0.5) is 5.69 Å². The number of carbonyl (C=O) groups is 2. The summed E-state index contributed by atoms with van der Waals surface area (Å²) in [5.41, 5.74) is 3.65. The third kappa shape index (κ3) is 6.75. The van der Waals surface area contributed by atoms with E-state index in [0.29, 0.717) is 30.0 Å². The zero-order valence-corrected chi connectivity index (χ0v) is 25.8. The fraction of sp³-hybridized carbons (Fsp3) is 0.314. The third-order valence-corrected chi connectivity index (χ3v) is 9.72. The Balaban J connectivity index is 1.39. The smallest absolute Gasteiger partial charge is 0.265 e. The molecule has 2 amide bonds. The number of hydrogen-bond donors (Lipinski definition) is 1. The summed E-state index contributed by atoms with van der Waals surface area (Å²) in [5, 5.41) is 4.64. The van der Waals surface area contributed by atoms with Crippen LogP contribution in [0.5, 0.6) is 0 Å². The summed E-state index contributed by atoms with van der Waals surface area (Å²) in [7, 11) is -3.71. The minimum atomic E-state index is -3.71. The number of nitrogens with zero attached hydrogens (tertiary/aromatic N) is 2. The van der Waals surface area contributed by atoms with Crippen molar-refractivity contribution in [3.8, 4) is 0 Å². The first-order valence-corrected chi connectivity index (χ1v) is 16.3. The first kappa shape index (κ1) is 30.3. The van der Waals surface area contributed by atoms with Gasteiger partial charge in [-0.2, -0.15) is 0 Å². The van der Waals surface area contributed by atoms with Gasteiger partial charge in [0.2, 0.25) is 11.8 Å². The summed E-state index contributed by atoms with van der Waals surface area (Å²) in [6.45, 7) is 7.03. The Morgan fingerprint density at radius 2 is 1.56 bits per heavy atom. The van der Waals surface area contributed by atoms with Crippen LogP contribution in [-0.2, 0) is 32.6 Å². The molecule has 0 unspecified atom stereocenters. The van der Waals surface area contributed by atoms with E-state index in [9.17, 15) is 18.0 Å². The third-order valence-electron chi connectivity index (χ3n) is 7.86. The van der Waals surface area contributed by atoms with Gasteiger partial charge in [0.25, 0.3) is 10.0 Å². The number of nitrogens with one attached hydrogen (secondary N) is 1. The van der Waals surface area contributed by atoms with Crippen molar-refractivity contribution < 1.29 is 18.0 Å². The quantitative estimate of drug-likeness (QED) is 0.222. The molecule has 0 saturated carbocycles. The van der Waals surface area contributed by atoms with Crippen molar-refractivity contribution in [3.05, 3.63) is 108 Å². The van der Waals surface area contributed by atoms with Crippen LogP contribution in [0.15, 0.2) is 95.9 Å². The van der Waals surface area contributed by atoms with Crippen LogP contribution >= 0.6 is 0 Å². The van der Waals surface area contributed by atoms with Crippen molar-refractivity contribution >= 4 is 38.3 Å². The molecule has 0 saturated heterocycles. The molecule has 4 aromatic rings. The molecule has 5 rings (SSSR count). The second-order valence-electron chi connectivity index (χ2n) is 11.7. The average molecular weight is 598 g/mol. The van der Waals surface area contributed by atoms with Gasteiger partial charge in [-0.1, -0.05) is 98.3 Å². The highest BCUT2D eigenvalue weighted by Crippen LogP contribution is 2.42. The molecular weight excluding hydrogens is 558 g/mol. The Labute approximate surface area is 254 Å². The molecule has 4 aromatic carbocycles. The van der Waals surface area contributed by atoms with Crippen molar-refractivity contribution in [1.29, 1.82) is 0 Å². The highest BCUT2D eigenvalue weighted by molar-refractivity contribution is 7.93. The molecular formula is C35H39N3O4S. The highest BCUT2D eigenvalue weighted by Gasteiger charge is 2.36. The molecule has 1 heterocycles. The van der Waals surface area contributed by atoms with E-state index in [2.05, 4.69) is 5.32 Å². The maximum absolute atomic E-state index is 14.0. The van der Waals surface area contributed by atoms with Crippen LogP contribution in [0.1, 0.15) is 43.4 Å². The molecule has 0 aromatic heterocycles. The summed E-state index contributed by atoms with van der Waals surface area (Å²) < 4.78 is 28.3. The molecule has 1 aliphatic rings. The minimum absolute atomic E-state index is 0.104. The summed E-state index contributed by atoms with van der Waals surface area (Å²) >= 11 is 0. The van der Waals surface area contributed by atoms with Gasteiger partial charge < -0.3 is 10.2 Å². The maximum atomic E-state index is 14.0. The van der Waals surface area contributed by atoms with Crippen LogP contribution in [0.2, 0.25) is 0 Å². The van der Waals surface area contributed by atoms with Crippen molar-refractivity contribution in [2.45, 2.75) is 57.5 Å². The number of hydrogen-bond acceptors (Lipinski definition) is 4. The second-order valence-corrected chi connectivity index (χ2v) is 13.5. The lowest BCUT2D eigenvalue weighted by Crippen LogP contribution is -2.51. The van der Waals surface area contributed by atoms with E-state index in [0.717, 1.165) is 27.5 Å². The lowest BCUT2D eigenvalue weighted by Gasteiger charge is -2.32. The zero-order valence-electron chi connectivity index (χ0n) is 25.0. The normalized spacial score (nSPS) is 14.2. The largest absolute Gasteiger partial charge is 0.354 e. The van der Waals surface area contributed by atoms with Crippen molar-refractivity contribution in [2.24, 2.45) is 5.92 Å². The van der Waals surface area contributed by atoms with Crippen LogP contribution in [0, 0.1) is 12.8 Å². The topological polar surface area (TPSA) is 86.8 Å². The molecule has 0 aliphatic carbocycles. The molecule has 1 aliphatic heterocycles. The molecule has 0 fully saturated rings. The van der Waals surface area contributed by atoms with Gasteiger partial charge in [-0.25, -0.2) is 8.42 Å². The molecule has 0 spiro atoms. The molecule has 7 nitrogen and oxygen atoms in total. The number of amides is 2. The zero-order chi connectivity index (χ0) is 30.6. The monoisotopic (exact) mass is 597 g/mol. The van der Waals surface area contributed by atoms with E-state index in [4.69, 9.17) is 0 Å². The van der Waals surface area contributed by atoms with Gasteiger partial charge in [-0.3, -0.25) is 13.9 Å². The van der Waals surface area contributed by atoms with E-state index >= 15 is 0 Å². The standard InChI is InChI=1S/C35H39N3O4S/c1-25(2)23-36-35(40)31(22-27-10-5-4-6-11-27)37(24-28-19-17-26(3)18-20-28)33(39)16-9-21-38-30-14-7-12-29-13-8-15-32(34(29)30)43(38,41)42/h4-8,10-15,17-20,25,31H,9,16,21-24H2,1-3H3,(H,36,40)/t31-/m0/s1. The second kappa shape index (κ2) is 13.0. The lowest BCUT2D eigenvalue weighted by molar-refractivity contribution is -0.141. The van der Waals surface area contributed by atoms with Gasteiger partial charge in [0.15, 0.2) is 0 Å². The van der Waals surface area contributed by atoms with Crippen LogP contribution in [-0.4, -0.2) is 44.3 Å². The van der Waals surface area contributed by atoms with Crippen LogP contribution < -0.4 is 9.62 Å². The Bertz CT molecular complexity index is 1700. The fourth-order valence-corrected chi connectivity index (χ4v) is 7.33. The number of carbonyl (C=O) groups excluding carboxylic acids is 2. The van der Waals surface area contributed by atoms with E-state index in [1.165, 1.54) is 4.31 Å². The Morgan fingerprint density at radius 1 is 0.860 bits per heavy atom. The van der Waals surface area contributed by atoms with E-state index < -0.39 is 16.1 Å². The molecule has 1 atom stereocenters. The molecule has 0 bridgehead atoms. The number of sulfonamides is 1. The first-order chi connectivity index (χ1) is 20.6. The van der Waals surface area contributed by atoms with Crippen molar-refractivity contribution in [2.75, 3.05) is 17.4 Å². The van der Waals surface area contributed by atoms with E-state index in [-0.39, 0.29) is 37.2 Å². The van der Waals surface area contributed by atoms with Crippen molar-refractivity contribution in [3.63, 3.8) is 0 Å². The Kier molecular flexibility index (Phi) is 9.16. The number of benzene rings is 4. The van der Waals surface area contributed by atoms with Gasteiger partial charge >= 0.3 is 0 Å². The van der Waals surface area contributed by atoms with Gasteiger partial charge in [-0.15, -0.1) is 0 Å². The fourth-order valence-electron chi connectivity index (χ4n) is 5.58. The summed E-state index contributed by atoms with van der Waals surface area (Å²) in [6.07, 6.45) is 0.797. The Morgan fingerprint density at radius 3 is 2.26 bits per heavy atom. The number of aryl methyl sites for hydroxylation is 1. The predicted molar refractivity (Wildman–Crippen MR) is 171 cm³/mol. The Hall–Kier alpha value is -4.17. The lowest BCUT2D eigenvalue weighted by atomic mass is 10.0. The first-order valence-electron chi connectivity index (χ1n) is 14.9. The van der Waals surface area contributed by atoms with E-state index in [1.54, 1.807) is 17.0 Å². The number of rotatable bonds is 12. The summed E-state index contributed by atoms with van der Waals surface area (Å²) in [6, 6.07) is 27.8. The predicted octanol–water partition coefficient (Wildman–Crippen LogP) is 5.85. The van der Waals surface area contributed by atoms with Gasteiger partial charge in [0.1, 0.15) is 6.04 Å². The minimum Gasteiger partial charge on any atom is -0.354 e. The molecule has 0 radical (unpaired) electrons. The average Bonchev–Trinajstić information content (AvgIpc) is 3.22. The molecule has 8 heteroatoms.